The third-order valence-electron chi connectivity index (χ3n) is 2.32. The van der Waals surface area contributed by atoms with Gasteiger partial charge in [-0.25, -0.2) is 9.59 Å². The van der Waals surface area contributed by atoms with Crippen LogP contribution in [-0.2, 0) is 14.3 Å². The average molecular weight is 372 g/mol. The maximum absolute atomic E-state index is 11.9. The van der Waals surface area contributed by atoms with Crippen LogP contribution in [0.4, 0.5) is 10.5 Å². The van der Waals surface area contributed by atoms with E-state index in [2.05, 4.69) is 26.0 Å². The third kappa shape index (κ3) is 5.48. The van der Waals surface area contributed by atoms with Gasteiger partial charge in [0.2, 0.25) is 0 Å². The highest BCUT2D eigenvalue weighted by Gasteiger charge is 2.20. The number of ether oxygens (including phenoxy) is 2. The Labute approximate surface area is 137 Å². The number of hydrogen-bond donors (Lipinski definition) is 1. The summed E-state index contributed by atoms with van der Waals surface area (Å²) in [6, 6.07) is 4.40. The Morgan fingerprint density at radius 1 is 1.23 bits per heavy atom. The lowest BCUT2D eigenvalue weighted by Crippen LogP contribution is -2.27. The van der Waals surface area contributed by atoms with Crippen LogP contribution in [0.3, 0.4) is 0 Å². The standard InChI is InChI=1S/C15H18BrNO5/c1-5-21-13(19)12(18)9-6-7-10(16)11(8-9)17-14(20)22-15(2,3)4/h6-8H,5H2,1-4H3,(H,17,20). The van der Waals surface area contributed by atoms with Crippen molar-refractivity contribution in [1.82, 2.24) is 0 Å². The fourth-order valence-electron chi connectivity index (χ4n) is 1.49. The first-order chi connectivity index (χ1) is 10.1. The summed E-state index contributed by atoms with van der Waals surface area (Å²) in [7, 11) is 0. The van der Waals surface area contributed by atoms with Crippen LogP contribution in [0.15, 0.2) is 22.7 Å². The monoisotopic (exact) mass is 371 g/mol. The van der Waals surface area contributed by atoms with Crippen LogP contribution in [0.1, 0.15) is 38.1 Å². The summed E-state index contributed by atoms with van der Waals surface area (Å²) < 4.78 is 10.4. The molecule has 0 aromatic heterocycles. The van der Waals surface area contributed by atoms with E-state index in [4.69, 9.17) is 4.74 Å². The fraction of sp³-hybridized carbons (Fsp3) is 0.400. The van der Waals surface area contributed by atoms with E-state index in [0.29, 0.717) is 10.2 Å². The molecule has 1 rings (SSSR count). The number of benzene rings is 1. The Hall–Kier alpha value is -1.89. The van der Waals surface area contributed by atoms with Crippen LogP contribution >= 0.6 is 15.9 Å². The quantitative estimate of drug-likeness (QED) is 0.497. The molecule has 0 heterocycles. The SMILES string of the molecule is CCOC(=O)C(=O)c1ccc(Br)c(NC(=O)OC(C)(C)C)c1. The van der Waals surface area contributed by atoms with Crippen molar-refractivity contribution < 1.29 is 23.9 Å². The highest BCUT2D eigenvalue weighted by Crippen LogP contribution is 2.25. The summed E-state index contributed by atoms with van der Waals surface area (Å²) in [4.78, 5) is 35.1. The van der Waals surface area contributed by atoms with Gasteiger partial charge in [-0.3, -0.25) is 10.1 Å². The molecule has 1 N–H and O–H groups in total. The van der Waals surface area contributed by atoms with Gasteiger partial charge in [-0.1, -0.05) is 0 Å². The molecule has 6 nitrogen and oxygen atoms in total. The zero-order valence-electron chi connectivity index (χ0n) is 12.9. The largest absolute Gasteiger partial charge is 0.460 e. The molecule has 7 heteroatoms. The Bertz CT molecular complexity index is 592. The number of hydrogen-bond acceptors (Lipinski definition) is 5. The third-order valence-corrected chi connectivity index (χ3v) is 3.02. The predicted molar refractivity (Wildman–Crippen MR) is 85.0 cm³/mol. The maximum Gasteiger partial charge on any atom is 0.412 e. The summed E-state index contributed by atoms with van der Waals surface area (Å²) in [5, 5.41) is 2.52. The van der Waals surface area contributed by atoms with Crippen molar-refractivity contribution in [3.63, 3.8) is 0 Å². The highest BCUT2D eigenvalue weighted by atomic mass is 79.9. The molecule has 0 atom stereocenters. The minimum atomic E-state index is -0.937. The summed E-state index contributed by atoms with van der Waals surface area (Å²) in [6.45, 7) is 6.94. The predicted octanol–water partition coefficient (Wildman–Crippen LogP) is 3.54. The number of amides is 1. The van der Waals surface area contributed by atoms with Crippen LogP contribution in [0, 0.1) is 0 Å². The molecule has 0 aliphatic heterocycles. The molecular formula is C15H18BrNO5. The number of nitrogens with one attached hydrogen (secondary N) is 1. The molecule has 0 unspecified atom stereocenters. The second kappa shape index (κ2) is 7.40. The lowest BCUT2D eigenvalue weighted by Gasteiger charge is -2.20. The van der Waals surface area contributed by atoms with E-state index in [1.807, 2.05) is 0 Å². The van der Waals surface area contributed by atoms with Crippen LogP contribution in [0.2, 0.25) is 0 Å². The molecule has 0 aliphatic carbocycles. The molecule has 0 radical (unpaired) electrons. The van der Waals surface area contributed by atoms with E-state index in [-0.39, 0.29) is 12.2 Å². The van der Waals surface area contributed by atoms with Crippen molar-refractivity contribution in [3.8, 4) is 0 Å². The Kier molecular flexibility index (Phi) is 6.11. The van der Waals surface area contributed by atoms with E-state index in [9.17, 15) is 14.4 Å². The highest BCUT2D eigenvalue weighted by molar-refractivity contribution is 9.10. The first kappa shape index (κ1) is 18.2. The van der Waals surface area contributed by atoms with Gasteiger partial charge in [0, 0.05) is 10.0 Å². The normalized spacial score (nSPS) is 10.8. The molecule has 120 valence electrons. The molecule has 0 bridgehead atoms. The summed E-state index contributed by atoms with van der Waals surface area (Å²) in [5.41, 5.74) is -0.202. The van der Waals surface area contributed by atoms with E-state index < -0.39 is 23.4 Å². The van der Waals surface area contributed by atoms with Gasteiger partial charge in [0.15, 0.2) is 0 Å². The smallest absolute Gasteiger partial charge is 0.412 e. The molecule has 0 aliphatic rings. The van der Waals surface area contributed by atoms with Crippen molar-refractivity contribution in [2.24, 2.45) is 0 Å². The first-order valence-electron chi connectivity index (χ1n) is 6.65. The van der Waals surface area contributed by atoms with Gasteiger partial charge in [0.05, 0.1) is 12.3 Å². The average Bonchev–Trinajstić information content (AvgIpc) is 2.38. The number of anilines is 1. The van der Waals surface area contributed by atoms with E-state index in [1.54, 1.807) is 33.8 Å². The van der Waals surface area contributed by atoms with Crippen LogP contribution in [0.5, 0.6) is 0 Å². The number of Topliss-reactive ketones (excluding diaryl/α,β-unsaturated/α-hetero) is 1. The molecular weight excluding hydrogens is 354 g/mol. The van der Waals surface area contributed by atoms with Crippen LogP contribution in [0.25, 0.3) is 0 Å². The number of ketones is 1. The summed E-state index contributed by atoms with van der Waals surface area (Å²) in [6.07, 6.45) is -0.658. The van der Waals surface area contributed by atoms with Crippen molar-refractivity contribution >= 4 is 39.5 Å². The van der Waals surface area contributed by atoms with Gasteiger partial charge in [-0.15, -0.1) is 0 Å². The van der Waals surface area contributed by atoms with Gasteiger partial charge < -0.3 is 9.47 Å². The van der Waals surface area contributed by atoms with Gasteiger partial charge >= 0.3 is 12.1 Å². The fourth-order valence-corrected chi connectivity index (χ4v) is 1.84. The Morgan fingerprint density at radius 2 is 1.86 bits per heavy atom. The van der Waals surface area contributed by atoms with Crippen molar-refractivity contribution in [2.75, 3.05) is 11.9 Å². The van der Waals surface area contributed by atoms with Gasteiger partial charge in [0.25, 0.3) is 5.78 Å². The minimum Gasteiger partial charge on any atom is -0.460 e. The van der Waals surface area contributed by atoms with E-state index in [0.717, 1.165) is 0 Å². The van der Waals surface area contributed by atoms with E-state index >= 15 is 0 Å². The van der Waals surface area contributed by atoms with Crippen molar-refractivity contribution in [2.45, 2.75) is 33.3 Å². The zero-order valence-corrected chi connectivity index (χ0v) is 14.4. The molecule has 0 fully saturated rings. The number of carbonyl (C=O) groups excluding carboxylic acids is 3. The van der Waals surface area contributed by atoms with Gasteiger partial charge in [-0.05, 0) is 61.8 Å². The van der Waals surface area contributed by atoms with Gasteiger partial charge in [-0.2, -0.15) is 0 Å². The topological polar surface area (TPSA) is 81.7 Å². The molecule has 0 spiro atoms. The zero-order chi connectivity index (χ0) is 16.9. The molecule has 0 saturated heterocycles. The molecule has 1 aromatic carbocycles. The molecule has 0 saturated carbocycles. The van der Waals surface area contributed by atoms with E-state index in [1.165, 1.54) is 12.1 Å². The first-order valence-corrected chi connectivity index (χ1v) is 7.44. The van der Waals surface area contributed by atoms with Gasteiger partial charge in [0.1, 0.15) is 5.60 Å². The van der Waals surface area contributed by atoms with Crippen molar-refractivity contribution in [3.05, 3.63) is 28.2 Å². The number of rotatable bonds is 4. The Balaban J connectivity index is 2.93. The summed E-state index contributed by atoms with van der Waals surface area (Å²) in [5.74, 6) is -1.71. The lowest BCUT2D eigenvalue weighted by molar-refractivity contribution is -0.137. The van der Waals surface area contributed by atoms with Crippen LogP contribution in [-0.4, -0.2) is 30.1 Å². The second-order valence-electron chi connectivity index (χ2n) is 5.37. The molecule has 1 aromatic rings. The minimum absolute atomic E-state index is 0.115. The summed E-state index contributed by atoms with van der Waals surface area (Å²) >= 11 is 3.26. The molecule has 22 heavy (non-hydrogen) atoms. The lowest BCUT2D eigenvalue weighted by atomic mass is 10.1. The number of halogens is 1. The van der Waals surface area contributed by atoms with Crippen molar-refractivity contribution in [1.29, 1.82) is 0 Å². The maximum atomic E-state index is 11.9. The Morgan fingerprint density at radius 3 is 2.41 bits per heavy atom. The number of esters is 1. The number of carbonyl (C=O) groups is 3. The second-order valence-corrected chi connectivity index (χ2v) is 6.23. The van der Waals surface area contributed by atoms with Crippen LogP contribution < -0.4 is 5.32 Å². The molecule has 1 amide bonds.